The highest BCUT2D eigenvalue weighted by Gasteiger charge is 2.15. The maximum atomic E-state index is 12.5. The molecule has 1 N–H and O–H groups in total. The number of carbonyl (C=O) groups excluding carboxylic acids is 1. The van der Waals surface area contributed by atoms with Crippen LogP contribution in [0.3, 0.4) is 0 Å². The number of ether oxygens (including phenoxy) is 1. The fraction of sp³-hybridized carbons (Fsp3) is 0.105. The molecule has 4 aromatic rings. The summed E-state index contributed by atoms with van der Waals surface area (Å²) in [5.41, 5.74) is 2.41. The van der Waals surface area contributed by atoms with Crippen LogP contribution >= 0.6 is 0 Å². The van der Waals surface area contributed by atoms with Gasteiger partial charge in [0, 0.05) is 24.4 Å². The van der Waals surface area contributed by atoms with Gasteiger partial charge in [0.15, 0.2) is 17.0 Å². The fourth-order valence-electron chi connectivity index (χ4n) is 2.69. The van der Waals surface area contributed by atoms with E-state index in [1.807, 2.05) is 18.2 Å². The second-order valence-electron chi connectivity index (χ2n) is 5.87. The van der Waals surface area contributed by atoms with Crippen molar-refractivity contribution < 1.29 is 18.5 Å². The van der Waals surface area contributed by atoms with E-state index in [1.165, 1.54) is 4.57 Å². The molecule has 2 aromatic heterocycles. The first-order chi connectivity index (χ1) is 13.0. The van der Waals surface area contributed by atoms with Gasteiger partial charge in [-0.3, -0.25) is 9.36 Å². The molecule has 1 amide bonds. The lowest BCUT2D eigenvalue weighted by molar-refractivity contribution is 0.101. The van der Waals surface area contributed by atoms with Crippen LogP contribution in [0.2, 0.25) is 0 Å². The Hall–Kier alpha value is -3.81. The monoisotopic (exact) mass is 365 g/mol. The number of aromatic nitrogens is 2. The summed E-state index contributed by atoms with van der Waals surface area (Å²) in [4.78, 5) is 24.0. The largest absolute Gasteiger partial charge is 0.497 e. The number of nitrogens with zero attached hydrogens (tertiary/aromatic N) is 2. The number of aryl methyl sites for hydroxylation is 1. The zero-order valence-electron chi connectivity index (χ0n) is 14.6. The van der Waals surface area contributed by atoms with Crippen LogP contribution in [0.4, 0.5) is 5.69 Å². The van der Waals surface area contributed by atoms with Gasteiger partial charge in [0.05, 0.1) is 12.6 Å². The predicted octanol–water partition coefficient (Wildman–Crippen LogP) is 3.05. The lowest BCUT2D eigenvalue weighted by Gasteiger charge is -2.02. The molecule has 0 aliphatic carbocycles. The number of fused-ring (bicyclic) bond motifs is 1. The van der Waals surface area contributed by atoms with Gasteiger partial charge in [-0.25, -0.2) is 4.79 Å². The number of nitrogens with one attached hydrogen (secondary N) is 1. The van der Waals surface area contributed by atoms with Gasteiger partial charge < -0.3 is 19.0 Å². The number of rotatable bonds is 4. The lowest BCUT2D eigenvalue weighted by atomic mass is 10.1. The molecule has 0 aliphatic heterocycles. The Bertz CT molecular complexity index is 1200. The minimum absolute atomic E-state index is 0.133. The van der Waals surface area contributed by atoms with E-state index in [9.17, 15) is 9.59 Å². The highest BCUT2D eigenvalue weighted by atomic mass is 16.5. The van der Waals surface area contributed by atoms with Crippen LogP contribution < -0.4 is 15.8 Å². The summed E-state index contributed by atoms with van der Waals surface area (Å²) in [6.45, 7) is 0. The number of hydrogen-bond acceptors (Lipinski definition) is 6. The van der Waals surface area contributed by atoms with E-state index in [-0.39, 0.29) is 5.69 Å². The molecule has 0 atom stereocenters. The Labute approximate surface area is 152 Å². The van der Waals surface area contributed by atoms with Gasteiger partial charge in [0.25, 0.3) is 5.91 Å². The molecule has 136 valence electrons. The van der Waals surface area contributed by atoms with Gasteiger partial charge in [-0.1, -0.05) is 17.3 Å². The number of hydrogen-bond donors (Lipinski definition) is 1. The maximum absolute atomic E-state index is 12.5. The van der Waals surface area contributed by atoms with Crippen LogP contribution in [0, 0.1) is 0 Å². The SMILES string of the molecule is COc1cccc(-c2cc(C(=O)Nc3ccc4oc(=O)n(C)c4c3)no2)c1. The van der Waals surface area contributed by atoms with Crippen molar-refractivity contribution in [1.82, 2.24) is 9.72 Å². The Balaban J connectivity index is 1.58. The van der Waals surface area contributed by atoms with Crippen molar-refractivity contribution in [2.45, 2.75) is 0 Å². The highest BCUT2D eigenvalue weighted by molar-refractivity contribution is 6.04. The molecular weight excluding hydrogens is 350 g/mol. The first-order valence-corrected chi connectivity index (χ1v) is 8.07. The third-order valence-corrected chi connectivity index (χ3v) is 4.15. The Morgan fingerprint density at radius 2 is 2.04 bits per heavy atom. The second kappa shape index (κ2) is 6.49. The van der Waals surface area contributed by atoms with Gasteiger partial charge in [-0.15, -0.1) is 0 Å². The van der Waals surface area contributed by atoms with Gasteiger partial charge >= 0.3 is 5.76 Å². The predicted molar refractivity (Wildman–Crippen MR) is 97.9 cm³/mol. The zero-order chi connectivity index (χ0) is 19.0. The van der Waals surface area contributed by atoms with E-state index in [2.05, 4.69) is 10.5 Å². The smallest absolute Gasteiger partial charge is 0.419 e. The van der Waals surface area contributed by atoms with Crippen molar-refractivity contribution in [1.29, 1.82) is 0 Å². The number of oxazole rings is 1. The number of anilines is 1. The standard InChI is InChI=1S/C19H15N3O5/c1-22-15-9-12(6-7-16(15)26-19(22)24)20-18(23)14-10-17(27-21-14)11-4-3-5-13(8-11)25-2/h3-10H,1-2H3,(H,20,23). The quantitative estimate of drug-likeness (QED) is 0.597. The fourth-order valence-corrected chi connectivity index (χ4v) is 2.69. The highest BCUT2D eigenvalue weighted by Crippen LogP contribution is 2.25. The minimum Gasteiger partial charge on any atom is -0.497 e. The molecule has 8 nitrogen and oxygen atoms in total. The van der Waals surface area contributed by atoms with Crippen LogP contribution in [-0.2, 0) is 7.05 Å². The molecule has 8 heteroatoms. The van der Waals surface area contributed by atoms with E-state index in [0.29, 0.717) is 28.3 Å². The molecule has 0 unspecified atom stereocenters. The number of amides is 1. The Morgan fingerprint density at radius 1 is 1.19 bits per heavy atom. The maximum Gasteiger partial charge on any atom is 0.419 e. The van der Waals surface area contributed by atoms with Crippen molar-refractivity contribution in [2.75, 3.05) is 12.4 Å². The molecule has 27 heavy (non-hydrogen) atoms. The molecule has 0 fully saturated rings. The summed E-state index contributed by atoms with van der Waals surface area (Å²) >= 11 is 0. The van der Waals surface area contributed by atoms with E-state index in [1.54, 1.807) is 44.5 Å². The summed E-state index contributed by atoms with van der Waals surface area (Å²) in [6.07, 6.45) is 0. The van der Waals surface area contributed by atoms with E-state index in [0.717, 1.165) is 5.56 Å². The molecule has 4 rings (SSSR count). The summed E-state index contributed by atoms with van der Waals surface area (Å²) in [5.74, 6) is 0.231. The third kappa shape index (κ3) is 3.08. The van der Waals surface area contributed by atoms with Crippen molar-refractivity contribution in [3.8, 4) is 17.1 Å². The second-order valence-corrected chi connectivity index (χ2v) is 5.87. The normalized spacial score (nSPS) is 10.9. The summed E-state index contributed by atoms with van der Waals surface area (Å²) in [5, 5.41) is 6.56. The van der Waals surface area contributed by atoms with Crippen LogP contribution in [0.25, 0.3) is 22.4 Å². The van der Waals surface area contributed by atoms with E-state index < -0.39 is 11.7 Å². The molecule has 0 radical (unpaired) electrons. The number of benzene rings is 2. The van der Waals surface area contributed by atoms with E-state index in [4.69, 9.17) is 13.7 Å². The van der Waals surface area contributed by atoms with Crippen molar-refractivity contribution in [3.05, 3.63) is 64.8 Å². The molecule has 2 heterocycles. The number of methoxy groups -OCH3 is 1. The molecule has 0 saturated heterocycles. The average Bonchev–Trinajstić information content (AvgIpc) is 3.28. The molecule has 0 spiro atoms. The van der Waals surface area contributed by atoms with Crippen LogP contribution in [0.5, 0.6) is 5.75 Å². The van der Waals surface area contributed by atoms with Gasteiger partial charge in [0.1, 0.15) is 5.75 Å². The zero-order valence-corrected chi connectivity index (χ0v) is 14.6. The summed E-state index contributed by atoms with van der Waals surface area (Å²) in [6, 6.07) is 13.7. The molecule has 0 aliphatic rings. The van der Waals surface area contributed by atoms with Crippen LogP contribution in [0.1, 0.15) is 10.5 Å². The third-order valence-electron chi connectivity index (χ3n) is 4.15. The molecular formula is C19H15N3O5. The lowest BCUT2D eigenvalue weighted by Crippen LogP contribution is -2.12. The number of carbonyl (C=O) groups is 1. The van der Waals surface area contributed by atoms with Gasteiger partial charge in [0.2, 0.25) is 0 Å². The van der Waals surface area contributed by atoms with Crippen LogP contribution in [-0.4, -0.2) is 22.7 Å². The van der Waals surface area contributed by atoms with Crippen molar-refractivity contribution in [2.24, 2.45) is 7.05 Å². The molecule has 0 saturated carbocycles. The van der Waals surface area contributed by atoms with Crippen LogP contribution in [0.15, 0.2) is 62.3 Å². The Morgan fingerprint density at radius 3 is 2.85 bits per heavy atom. The van der Waals surface area contributed by atoms with Crippen molar-refractivity contribution in [3.63, 3.8) is 0 Å². The molecule has 2 aromatic carbocycles. The minimum atomic E-state index is -0.465. The first-order valence-electron chi connectivity index (χ1n) is 8.07. The topological polar surface area (TPSA) is 99.5 Å². The first kappa shape index (κ1) is 16.6. The van der Waals surface area contributed by atoms with E-state index >= 15 is 0 Å². The summed E-state index contributed by atoms with van der Waals surface area (Å²) in [7, 11) is 3.17. The molecule has 0 bridgehead atoms. The van der Waals surface area contributed by atoms with Gasteiger partial charge in [-0.2, -0.15) is 0 Å². The average molecular weight is 365 g/mol. The van der Waals surface area contributed by atoms with Crippen molar-refractivity contribution >= 4 is 22.7 Å². The summed E-state index contributed by atoms with van der Waals surface area (Å²) < 4.78 is 16.9. The van der Waals surface area contributed by atoms with Gasteiger partial charge in [-0.05, 0) is 30.3 Å². The Kier molecular flexibility index (Phi) is 4.00.